The maximum absolute atomic E-state index is 9.98. The van der Waals surface area contributed by atoms with Gasteiger partial charge in [0.05, 0.1) is 6.61 Å². The number of aliphatic hydroxyl groups is 1. The SMILES string of the molecule is C[C@@]1(CO)CCCN2CCC3=C(Cc4ccccc43)[C@@H]21. The molecule has 1 aromatic rings. The third-order valence-corrected chi connectivity index (χ3v) is 5.67. The lowest BCUT2D eigenvalue weighted by Crippen LogP contribution is -2.55. The number of aliphatic hydroxyl groups excluding tert-OH is 1. The van der Waals surface area contributed by atoms with E-state index in [4.69, 9.17) is 0 Å². The lowest BCUT2D eigenvalue weighted by Gasteiger charge is -2.51. The first-order valence-corrected chi connectivity index (χ1v) is 7.88. The normalized spacial score (nSPS) is 32.8. The number of hydrogen-bond acceptors (Lipinski definition) is 2. The number of rotatable bonds is 1. The second-order valence-electron chi connectivity index (χ2n) is 6.94. The third-order valence-electron chi connectivity index (χ3n) is 5.67. The van der Waals surface area contributed by atoms with Crippen molar-refractivity contribution in [3.63, 3.8) is 0 Å². The number of piperidine rings is 1. The molecule has 1 aromatic carbocycles. The van der Waals surface area contributed by atoms with E-state index in [-0.39, 0.29) is 5.41 Å². The van der Waals surface area contributed by atoms with E-state index in [2.05, 4.69) is 36.1 Å². The smallest absolute Gasteiger partial charge is 0.0503 e. The molecule has 20 heavy (non-hydrogen) atoms. The van der Waals surface area contributed by atoms with E-state index in [0.717, 1.165) is 19.4 Å². The van der Waals surface area contributed by atoms with E-state index in [0.29, 0.717) is 12.6 Å². The van der Waals surface area contributed by atoms with Crippen LogP contribution in [-0.2, 0) is 6.42 Å². The van der Waals surface area contributed by atoms with Crippen molar-refractivity contribution in [1.82, 2.24) is 4.90 Å². The highest BCUT2D eigenvalue weighted by Crippen LogP contribution is 2.48. The standard InChI is InChI=1S/C18H23NO/c1-18(12-20)8-4-9-19-10-7-15-14-6-3-2-5-13(14)11-16(15)17(18)19/h2-3,5-6,17,20H,4,7-12H2,1H3/t17-,18+/m1/s1. The molecule has 2 nitrogen and oxygen atoms in total. The maximum Gasteiger partial charge on any atom is 0.0503 e. The average molecular weight is 269 g/mol. The molecule has 2 heteroatoms. The molecule has 0 aromatic heterocycles. The van der Waals surface area contributed by atoms with Gasteiger partial charge in [-0.05, 0) is 54.5 Å². The Bertz CT molecular complexity index is 577. The van der Waals surface area contributed by atoms with Crippen molar-refractivity contribution < 1.29 is 5.11 Å². The van der Waals surface area contributed by atoms with E-state index >= 15 is 0 Å². The molecule has 0 saturated carbocycles. The lowest BCUT2D eigenvalue weighted by atomic mass is 9.69. The van der Waals surface area contributed by atoms with Crippen molar-refractivity contribution in [1.29, 1.82) is 0 Å². The molecule has 3 aliphatic rings. The van der Waals surface area contributed by atoms with Gasteiger partial charge in [0.2, 0.25) is 0 Å². The average Bonchev–Trinajstić information content (AvgIpc) is 2.85. The number of nitrogens with zero attached hydrogens (tertiary/aromatic N) is 1. The van der Waals surface area contributed by atoms with Crippen molar-refractivity contribution in [2.45, 2.75) is 38.6 Å². The largest absolute Gasteiger partial charge is 0.396 e. The van der Waals surface area contributed by atoms with Crippen LogP contribution < -0.4 is 0 Å². The van der Waals surface area contributed by atoms with E-state index in [1.165, 1.54) is 30.5 Å². The summed E-state index contributed by atoms with van der Waals surface area (Å²) in [4.78, 5) is 2.63. The monoisotopic (exact) mass is 269 g/mol. The van der Waals surface area contributed by atoms with Crippen molar-refractivity contribution in [3.05, 3.63) is 41.0 Å². The summed E-state index contributed by atoms with van der Waals surface area (Å²) in [6, 6.07) is 9.33. The van der Waals surface area contributed by atoms with Gasteiger partial charge < -0.3 is 5.11 Å². The molecule has 1 fully saturated rings. The fourth-order valence-electron chi connectivity index (χ4n) is 4.71. The minimum atomic E-state index is 0.0430. The van der Waals surface area contributed by atoms with Crippen molar-refractivity contribution in [2.24, 2.45) is 5.41 Å². The number of fused-ring (bicyclic) bond motifs is 4. The van der Waals surface area contributed by atoms with Crippen LogP contribution in [0.15, 0.2) is 29.8 Å². The fraction of sp³-hybridized carbons (Fsp3) is 0.556. The highest BCUT2D eigenvalue weighted by atomic mass is 16.3. The number of hydrogen-bond donors (Lipinski definition) is 1. The molecule has 2 aliphatic heterocycles. The lowest BCUT2D eigenvalue weighted by molar-refractivity contribution is 0.000696. The minimum absolute atomic E-state index is 0.0430. The highest BCUT2D eigenvalue weighted by molar-refractivity contribution is 5.78. The van der Waals surface area contributed by atoms with Gasteiger partial charge in [0.1, 0.15) is 0 Å². The summed E-state index contributed by atoms with van der Waals surface area (Å²) >= 11 is 0. The zero-order valence-corrected chi connectivity index (χ0v) is 12.2. The molecule has 4 rings (SSSR count). The predicted octanol–water partition coefficient (Wildman–Crippen LogP) is 2.86. The van der Waals surface area contributed by atoms with Gasteiger partial charge in [0, 0.05) is 18.0 Å². The summed E-state index contributed by atoms with van der Waals surface area (Å²) in [5.74, 6) is 0. The molecule has 1 aliphatic carbocycles. The van der Waals surface area contributed by atoms with Crippen LogP contribution >= 0.6 is 0 Å². The van der Waals surface area contributed by atoms with Gasteiger partial charge in [-0.1, -0.05) is 31.2 Å². The summed E-state index contributed by atoms with van der Waals surface area (Å²) in [6.07, 6.45) is 4.66. The molecule has 2 atom stereocenters. The van der Waals surface area contributed by atoms with Gasteiger partial charge in [0.15, 0.2) is 0 Å². The summed E-state index contributed by atoms with van der Waals surface area (Å²) in [5, 5.41) is 9.98. The molecule has 0 unspecified atom stereocenters. The maximum atomic E-state index is 9.98. The second-order valence-corrected chi connectivity index (χ2v) is 6.94. The van der Waals surface area contributed by atoms with E-state index in [9.17, 15) is 5.11 Å². The van der Waals surface area contributed by atoms with Gasteiger partial charge in [0.25, 0.3) is 0 Å². The topological polar surface area (TPSA) is 23.5 Å². The van der Waals surface area contributed by atoms with E-state index in [1.54, 1.807) is 11.1 Å². The van der Waals surface area contributed by atoms with Crippen LogP contribution in [0, 0.1) is 5.41 Å². The van der Waals surface area contributed by atoms with Crippen LogP contribution in [0.1, 0.15) is 37.3 Å². The third kappa shape index (κ3) is 1.64. The summed E-state index contributed by atoms with van der Waals surface area (Å²) in [7, 11) is 0. The second kappa shape index (κ2) is 4.44. The van der Waals surface area contributed by atoms with Crippen LogP contribution in [0.25, 0.3) is 5.57 Å². The van der Waals surface area contributed by atoms with Gasteiger partial charge in [-0.15, -0.1) is 0 Å². The molecule has 106 valence electrons. The Morgan fingerprint density at radius 3 is 3.00 bits per heavy atom. The molecule has 0 amide bonds. The molecular weight excluding hydrogens is 246 g/mol. The Morgan fingerprint density at radius 2 is 2.15 bits per heavy atom. The van der Waals surface area contributed by atoms with Gasteiger partial charge >= 0.3 is 0 Å². The first kappa shape index (κ1) is 12.6. The molecular formula is C18H23NO. The molecule has 2 heterocycles. The first-order valence-electron chi connectivity index (χ1n) is 7.88. The van der Waals surface area contributed by atoms with Crippen LogP contribution in [0.4, 0.5) is 0 Å². The van der Waals surface area contributed by atoms with Crippen LogP contribution in [0.5, 0.6) is 0 Å². The molecule has 0 bridgehead atoms. The zero-order valence-electron chi connectivity index (χ0n) is 12.2. The van der Waals surface area contributed by atoms with Crippen molar-refractivity contribution in [2.75, 3.05) is 19.7 Å². The summed E-state index contributed by atoms with van der Waals surface area (Å²) < 4.78 is 0. The Hall–Kier alpha value is -1.12. The summed E-state index contributed by atoms with van der Waals surface area (Å²) in [6.45, 7) is 4.95. The first-order chi connectivity index (χ1) is 9.73. The summed E-state index contributed by atoms with van der Waals surface area (Å²) in [5.41, 5.74) is 6.21. The molecule has 0 spiro atoms. The Balaban J connectivity index is 1.80. The predicted molar refractivity (Wildman–Crippen MR) is 81.5 cm³/mol. The van der Waals surface area contributed by atoms with Crippen LogP contribution in [-0.4, -0.2) is 35.7 Å². The Morgan fingerprint density at radius 1 is 1.30 bits per heavy atom. The van der Waals surface area contributed by atoms with Crippen LogP contribution in [0.2, 0.25) is 0 Å². The number of benzene rings is 1. The van der Waals surface area contributed by atoms with Gasteiger partial charge in [-0.25, -0.2) is 0 Å². The molecule has 1 saturated heterocycles. The zero-order chi connectivity index (χ0) is 13.7. The van der Waals surface area contributed by atoms with Crippen LogP contribution in [0.3, 0.4) is 0 Å². The molecule has 0 radical (unpaired) electrons. The molecule has 1 N–H and O–H groups in total. The minimum Gasteiger partial charge on any atom is -0.396 e. The Kier molecular flexibility index (Phi) is 2.80. The highest BCUT2D eigenvalue weighted by Gasteiger charge is 2.46. The van der Waals surface area contributed by atoms with Crippen molar-refractivity contribution in [3.8, 4) is 0 Å². The fourth-order valence-corrected chi connectivity index (χ4v) is 4.71. The van der Waals surface area contributed by atoms with Crippen molar-refractivity contribution >= 4 is 5.57 Å². The quantitative estimate of drug-likeness (QED) is 0.847. The van der Waals surface area contributed by atoms with Gasteiger partial charge in [-0.2, -0.15) is 0 Å². The Labute approximate surface area is 121 Å². The van der Waals surface area contributed by atoms with E-state index in [1.807, 2.05) is 0 Å². The van der Waals surface area contributed by atoms with E-state index < -0.39 is 0 Å². The van der Waals surface area contributed by atoms with Gasteiger partial charge in [-0.3, -0.25) is 4.90 Å².